The summed E-state index contributed by atoms with van der Waals surface area (Å²) in [5, 5.41) is 11.1. The number of nitrogens with one attached hydrogen (secondary N) is 1. The van der Waals surface area contributed by atoms with Crippen molar-refractivity contribution in [1.29, 1.82) is 0 Å². The number of carbonyl (C=O) groups is 3. The summed E-state index contributed by atoms with van der Waals surface area (Å²) < 4.78 is 0. The molecule has 2 amide bonds. The molecule has 0 aliphatic rings. The van der Waals surface area contributed by atoms with Crippen molar-refractivity contribution in [3.63, 3.8) is 0 Å². The highest BCUT2D eigenvalue weighted by Crippen LogP contribution is 2.02. The molecule has 19 heavy (non-hydrogen) atoms. The Morgan fingerprint density at radius 3 is 2.47 bits per heavy atom. The standard InChI is InChI=1S/C11H14N4O4/c1-5-3-7(14-6(2)13-5)10(17)15-8(11(18)19)4-9(12)16/h3,8H,4H2,1-2H3,(H2,12,16)(H,15,17)(H,18,19)/t8-/m0/s1. The molecule has 4 N–H and O–H groups in total. The molecule has 8 heteroatoms. The molecule has 1 atom stereocenters. The quantitative estimate of drug-likeness (QED) is 0.635. The van der Waals surface area contributed by atoms with Crippen LogP contribution < -0.4 is 11.1 Å². The number of primary amides is 1. The molecule has 1 rings (SSSR count). The lowest BCUT2D eigenvalue weighted by Gasteiger charge is -2.12. The van der Waals surface area contributed by atoms with Crippen molar-refractivity contribution in [3.05, 3.63) is 23.3 Å². The van der Waals surface area contributed by atoms with Crippen LogP contribution in [0.15, 0.2) is 6.07 Å². The van der Waals surface area contributed by atoms with Crippen molar-refractivity contribution in [3.8, 4) is 0 Å². The fourth-order valence-corrected chi connectivity index (χ4v) is 1.47. The van der Waals surface area contributed by atoms with E-state index in [2.05, 4.69) is 15.3 Å². The first-order chi connectivity index (χ1) is 8.79. The Bertz CT molecular complexity index is 509. The van der Waals surface area contributed by atoms with E-state index >= 15 is 0 Å². The number of rotatable bonds is 5. The smallest absolute Gasteiger partial charge is 0.326 e. The molecular weight excluding hydrogens is 252 g/mol. The molecule has 0 radical (unpaired) electrons. The van der Waals surface area contributed by atoms with E-state index in [1.54, 1.807) is 13.8 Å². The van der Waals surface area contributed by atoms with Crippen LogP contribution in [0.1, 0.15) is 28.4 Å². The van der Waals surface area contributed by atoms with E-state index in [1.165, 1.54) is 6.07 Å². The van der Waals surface area contributed by atoms with Crippen molar-refractivity contribution < 1.29 is 19.5 Å². The van der Waals surface area contributed by atoms with Crippen molar-refractivity contribution in [1.82, 2.24) is 15.3 Å². The number of hydrogen-bond acceptors (Lipinski definition) is 5. The molecule has 0 aliphatic carbocycles. The first kappa shape index (κ1) is 14.6. The topological polar surface area (TPSA) is 135 Å². The van der Waals surface area contributed by atoms with Gasteiger partial charge in [0.2, 0.25) is 5.91 Å². The van der Waals surface area contributed by atoms with E-state index in [9.17, 15) is 14.4 Å². The fourth-order valence-electron chi connectivity index (χ4n) is 1.47. The maximum atomic E-state index is 11.8. The zero-order valence-corrected chi connectivity index (χ0v) is 10.5. The molecule has 8 nitrogen and oxygen atoms in total. The number of hydrogen-bond donors (Lipinski definition) is 3. The van der Waals surface area contributed by atoms with E-state index in [-0.39, 0.29) is 5.69 Å². The molecule has 0 saturated carbocycles. The lowest BCUT2D eigenvalue weighted by molar-refractivity contribution is -0.140. The molecule has 0 aliphatic heterocycles. The van der Waals surface area contributed by atoms with Crippen molar-refractivity contribution in [2.45, 2.75) is 26.3 Å². The van der Waals surface area contributed by atoms with Gasteiger partial charge in [0.15, 0.2) is 0 Å². The second-order valence-corrected chi connectivity index (χ2v) is 3.98. The molecule has 0 fully saturated rings. The van der Waals surface area contributed by atoms with Gasteiger partial charge in [-0.3, -0.25) is 9.59 Å². The van der Waals surface area contributed by atoms with E-state index in [0.717, 1.165) is 0 Å². The van der Waals surface area contributed by atoms with Crippen LogP contribution >= 0.6 is 0 Å². The van der Waals surface area contributed by atoms with Gasteiger partial charge in [0.05, 0.1) is 6.42 Å². The maximum Gasteiger partial charge on any atom is 0.326 e. The third-order valence-corrected chi connectivity index (χ3v) is 2.21. The normalized spacial score (nSPS) is 11.7. The number of nitrogens with zero attached hydrogens (tertiary/aromatic N) is 2. The summed E-state index contributed by atoms with van der Waals surface area (Å²) in [5.74, 6) is -2.45. The monoisotopic (exact) mass is 266 g/mol. The predicted octanol–water partition coefficient (Wildman–Crippen LogP) is -0.848. The third kappa shape index (κ3) is 4.34. The van der Waals surface area contributed by atoms with Gasteiger partial charge in [-0.15, -0.1) is 0 Å². The summed E-state index contributed by atoms with van der Waals surface area (Å²) in [6.45, 7) is 3.30. The summed E-state index contributed by atoms with van der Waals surface area (Å²) >= 11 is 0. The van der Waals surface area contributed by atoms with Crippen LogP contribution in [0.3, 0.4) is 0 Å². The SMILES string of the molecule is Cc1cc(C(=O)N[C@@H](CC(N)=O)C(=O)O)nc(C)n1. The third-order valence-electron chi connectivity index (χ3n) is 2.21. The average molecular weight is 266 g/mol. The molecular formula is C11H14N4O4. The first-order valence-corrected chi connectivity index (χ1v) is 5.44. The van der Waals surface area contributed by atoms with Gasteiger partial charge in [-0.25, -0.2) is 14.8 Å². The Hall–Kier alpha value is -2.51. The number of carboxylic acids is 1. The Balaban J connectivity index is 2.87. The molecule has 0 spiro atoms. The van der Waals surface area contributed by atoms with Crippen LogP contribution in [0.25, 0.3) is 0 Å². The summed E-state index contributed by atoms with van der Waals surface area (Å²) in [5.41, 5.74) is 5.54. The Kier molecular flexibility index (Phi) is 4.51. The number of aryl methyl sites for hydroxylation is 2. The van der Waals surface area contributed by atoms with Crippen molar-refractivity contribution in [2.24, 2.45) is 5.73 Å². The number of carbonyl (C=O) groups excluding carboxylic acids is 2. The van der Waals surface area contributed by atoms with Gasteiger partial charge in [-0.2, -0.15) is 0 Å². The number of aliphatic carboxylic acids is 1. The van der Waals surface area contributed by atoms with Crippen molar-refractivity contribution in [2.75, 3.05) is 0 Å². The number of amides is 2. The van der Waals surface area contributed by atoms with Gasteiger partial charge >= 0.3 is 5.97 Å². The number of aromatic nitrogens is 2. The number of nitrogens with two attached hydrogens (primary N) is 1. The van der Waals surface area contributed by atoms with Crippen molar-refractivity contribution >= 4 is 17.8 Å². The van der Waals surface area contributed by atoms with Gasteiger partial charge < -0.3 is 16.2 Å². The maximum absolute atomic E-state index is 11.8. The molecule has 0 bridgehead atoms. The highest BCUT2D eigenvalue weighted by atomic mass is 16.4. The van der Waals surface area contributed by atoms with Crippen LogP contribution in [0, 0.1) is 13.8 Å². The van der Waals surface area contributed by atoms with E-state index < -0.39 is 30.2 Å². The lowest BCUT2D eigenvalue weighted by atomic mass is 10.2. The van der Waals surface area contributed by atoms with Crippen LogP contribution in [0.5, 0.6) is 0 Å². The minimum absolute atomic E-state index is 0.0423. The largest absolute Gasteiger partial charge is 0.480 e. The van der Waals surface area contributed by atoms with E-state index in [4.69, 9.17) is 10.8 Å². The van der Waals surface area contributed by atoms with Crippen LogP contribution in [0.2, 0.25) is 0 Å². The Labute approximate surface area is 109 Å². The van der Waals surface area contributed by atoms with Gasteiger partial charge in [-0.1, -0.05) is 0 Å². The zero-order chi connectivity index (χ0) is 14.6. The minimum atomic E-state index is -1.37. The summed E-state index contributed by atoms with van der Waals surface area (Å²) in [7, 11) is 0. The summed E-state index contributed by atoms with van der Waals surface area (Å²) in [4.78, 5) is 41.3. The Morgan fingerprint density at radius 2 is 2.00 bits per heavy atom. The van der Waals surface area contributed by atoms with Gasteiger partial charge in [0.25, 0.3) is 5.91 Å². The summed E-state index contributed by atoms with van der Waals surface area (Å²) in [6.07, 6.45) is -0.482. The van der Waals surface area contributed by atoms with Gasteiger partial charge in [-0.05, 0) is 19.9 Å². The van der Waals surface area contributed by atoms with Crippen LogP contribution in [-0.4, -0.2) is 38.9 Å². The highest BCUT2D eigenvalue weighted by Gasteiger charge is 2.23. The van der Waals surface area contributed by atoms with E-state index in [1.807, 2.05) is 0 Å². The molecule has 1 aromatic rings. The van der Waals surface area contributed by atoms with Crippen LogP contribution in [0.4, 0.5) is 0 Å². The molecule has 102 valence electrons. The van der Waals surface area contributed by atoms with E-state index in [0.29, 0.717) is 11.5 Å². The molecule has 0 saturated heterocycles. The molecule has 1 heterocycles. The number of carboxylic acid groups (broad SMARTS) is 1. The minimum Gasteiger partial charge on any atom is -0.480 e. The summed E-state index contributed by atoms with van der Waals surface area (Å²) in [6, 6.07) is 0.0477. The molecule has 1 aromatic heterocycles. The zero-order valence-electron chi connectivity index (χ0n) is 10.5. The second-order valence-electron chi connectivity index (χ2n) is 3.98. The molecule has 0 unspecified atom stereocenters. The second kappa shape index (κ2) is 5.89. The molecule has 0 aromatic carbocycles. The highest BCUT2D eigenvalue weighted by molar-refractivity contribution is 5.96. The Morgan fingerprint density at radius 1 is 1.37 bits per heavy atom. The first-order valence-electron chi connectivity index (χ1n) is 5.44. The lowest BCUT2D eigenvalue weighted by Crippen LogP contribution is -2.43. The predicted molar refractivity (Wildman–Crippen MR) is 64.2 cm³/mol. The van der Waals surface area contributed by atoms with Gasteiger partial charge in [0, 0.05) is 5.69 Å². The average Bonchev–Trinajstić information content (AvgIpc) is 2.25. The van der Waals surface area contributed by atoms with Gasteiger partial charge in [0.1, 0.15) is 17.6 Å². The van der Waals surface area contributed by atoms with Crippen LogP contribution in [-0.2, 0) is 9.59 Å². The fraction of sp³-hybridized carbons (Fsp3) is 0.364.